The first-order valence-corrected chi connectivity index (χ1v) is 12.6. The van der Waals surface area contributed by atoms with Crippen molar-refractivity contribution in [2.75, 3.05) is 40.3 Å². The van der Waals surface area contributed by atoms with Gasteiger partial charge >= 0.3 is 0 Å². The number of benzene rings is 2. The van der Waals surface area contributed by atoms with Crippen molar-refractivity contribution in [2.24, 2.45) is 4.99 Å². The molecular formula is C28H32N6O4. The van der Waals surface area contributed by atoms with E-state index in [1.54, 1.807) is 48.5 Å². The van der Waals surface area contributed by atoms with Gasteiger partial charge in [-0.25, -0.2) is 4.99 Å². The second-order valence-electron chi connectivity index (χ2n) is 8.94. The Morgan fingerprint density at radius 1 is 0.763 bits per heavy atom. The summed E-state index contributed by atoms with van der Waals surface area (Å²) in [5.74, 6) is -1.000. The molecule has 1 aliphatic heterocycles. The van der Waals surface area contributed by atoms with Gasteiger partial charge in [0.2, 0.25) is 0 Å². The van der Waals surface area contributed by atoms with Crippen molar-refractivity contribution in [3.63, 3.8) is 0 Å². The third-order valence-corrected chi connectivity index (χ3v) is 6.28. The van der Waals surface area contributed by atoms with Gasteiger partial charge in [0.15, 0.2) is 5.88 Å². The molecule has 3 aromatic rings. The van der Waals surface area contributed by atoms with Crippen LogP contribution in [0.2, 0.25) is 0 Å². The van der Waals surface area contributed by atoms with Crippen molar-refractivity contribution in [3.8, 4) is 17.1 Å². The second kappa shape index (κ2) is 12.3. The zero-order chi connectivity index (χ0) is 27.1. The van der Waals surface area contributed by atoms with E-state index in [2.05, 4.69) is 31.2 Å². The van der Waals surface area contributed by atoms with Crippen LogP contribution in [0, 0.1) is 0 Å². The predicted molar refractivity (Wildman–Crippen MR) is 146 cm³/mol. The monoisotopic (exact) mass is 516 g/mol. The number of hydrogen-bond donors (Lipinski definition) is 6. The van der Waals surface area contributed by atoms with Gasteiger partial charge in [-0.1, -0.05) is 24.3 Å². The Kier molecular flexibility index (Phi) is 8.67. The first-order chi connectivity index (χ1) is 18.4. The van der Waals surface area contributed by atoms with Crippen molar-refractivity contribution in [1.29, 1.82) is 0 Å². The lowest BCUT2D eigenvalue weighted by Gasteiger charge is -2.06. The van der Waals surface area contributed by atoms with Gasteiger partial charge in [0.25, 0.3) is 17.7 Å². The maximum absolute atomic E-state index is 12.9. The van der Waals surface area contributed by atoms with E-state index >= 15 is 0 Å². The van der Waals surface area contributed by atoms with E-state index in [1.807, 2.05) is 14.1 Å². The average molecular weight is 517 g/mol. The maximum Gasteiger partial charge on any atom is 0.280 e. The van der Waals surface area contributed by atoms with Gasteiger partial charge in [0.1, 0.15) is 0 Å². The molecule has 0 saturated heterocycles. The lowest BCUT2D eigenvalue weighted by Crippen LogP contribution is -2.26. The van der Waals surface area contributed by atoms with Gasteiger partial charge in [-0.05, 0) is 69.9 Å². The largest absolute Gasteiger partial charge is 0.494 e. The summed E-state index contributed by atoms with van der Waals surface area (Å²) in [5.41, 5.74) is 3.60. The standard InChI is InChI=1S/C28H32N6O4/c1-29-13-3-15-31-25(35)19-9-5-17(6-10-19)23-21-22(28(38)33-23)24(34-27(21)37)18-7-11-20(12-8-18)26(36)32-16-4-14-30-2/h5-12,29-30,33,38H,3-4,13-16H2,1-2H3,(H,31,35)(H,32,36). The molecule has 2 heterocycles. The van der Waals surface area contributed by atoms with Crippen LogP contribution in [0.3, 0.4) is 0 Å². The predicted octanol–water partition coefficient (Wildman–Crippen LogP) is 2.06. The maximum atomic E-state index is 12.9. The molecule has 0 bridgehead atoms. The molecule has 198 valence electrons. The van der Waals surface area contributed by atoms with Crippen LogP contribution in [0.15, 0.2) is 53.5 Å². The number of amides is 3. The number of nitrogens with zero attached hydrogens (tertiary/aromatic N) is 1. The molecular weight excluding hydrogens is 484 g/mol. The average Bonchev–Trinajstić information content (AvgIpc) is 3.47. The van der Waals surface area contributed by atoms with Crippen LogP contribution in [0.4, 0.5) is 0 Å². The van der Waals surface area contributed by atoms with Crippen LogP contribution in [-0.2, 0) is 0 Å². The lowest BCUT2D eigenvalue weighted by molar-refractivity contribution is 0.0945. The Morgan fingerprint density at radius 3 is 1.76 bits per heavy atom. The highest BCUT2D eigenvalue weighted by molar-refractivity contribution is 6.30. The van der Waals surface area contributed by atoms with Crippen molar-refractivity contribution in [2.45, 2.75) is 12.8 Å². The molecule has 1 aliphatic rings. The number of aliphatic imine (C=N–C) groups is 1. The summed E-state index contributed by atoms with van der Waals surface area (Å²) in [5, 5.41) is 22.5. The summed E-state index contributed by atoms with van der Waals surface area (Å²) in [6.07, 6.45) is 1.65. The van der Waals surface area contributed by atoms with Gasteiger partial charge in [-0.3, -0.25) is 14.4 Å². The molecule has 0 atom stereocenters. The van der Waals surface area contributed by atoms with Gasteiger partial charge in [0.05, 0.1) is 22.5 Å². The number of rotatable bonds is 12. The van der Waals surface area contributed by atoms with E-state index in [0.717, 1.165) is 25.9 Å². The zero-order valence-corrected chi connectivity index (χ0v) is 21.5. The fourth-order valence-electron chi connectivity index (χ4n) is 4.28. The highest BCUT2D eigenvalue weighted by Gasteiger charge is 2.33. The van der Waals surface area contributed by atoms with Crippen molar-refractivity contribution >= 4 is 23.4 Å². The van der Waals surface area contributed by atoms with Crippen LogP contribution < -0.4 is 21.3 Å². The highest BCUT2D eigenvalue weighted by Crippen LogP contribution is 2.38. The third-order valence-electron chi connectivity index (χ3n) is 6.28. The first kappa shape index (κ1) is 26.8. The summed E-state index contributed by atoms with van der Waals surface area (Å²) in [7, 11) is 3.72. The number of aromatic nitrogens is 1. The second-order valence-corrected chi connectivity index (χ2v) is 8.94. The molecule has 0 spiro atoms. The minimum absolute atomic E-state index is 0.169. The third kappa shape index (κ3) is 5.82. The number of carbonyl (C=O) groups excluding carboxylic acids is 3. The van der Waals surface area contributed by atoms with Crippen molar-refractivity contribution in [1.82, 2.24) is 26.3 Å². The normalized spacial score (nSPS) is 12.3. The quantitative estimate of drug-likeness (QED) is 0.203. The molecule has 0 fully saturated rings. The Bertz CT molecular complexity index is 1340. The van der Waals surface area contributed by atoms with Crippen LogP contribution >= 0.6 is 0 Å². The number of hydrogen-bond acceptors (Lipinski definition) is 6. The minimum atomic E-state index is -0.473. The minimum Gasteiger partial charge on any atom is -0.494 e. The number of carbonyl (C=O) groups is 3. The Hall–Kier alpha value is -4.28. The molecule has 10 nitrogen and oxygen atoms in total. The molecule has 1 aromatic heterocycles. The number of aromatic hydroxyl groups is 1. The molecule has 2 aromatic carbocycles. The first-order valence-electron chi connectivity index (χ1n) is 12.6. The van der Waals surface area contributed by atoms with Gasteiger partial charge in [0, 0.05) is 29.8 Å². The molecule has 4 rings (SSSR count). The smallest absolute Gasteiger partial charge is 0.280 e. The van der Waals surface area contributed by atoms with E-state index in [4.69, 9.17) is 0 Å². The molecule has 3 amide bonds. The SMILES string of the molecule is CNCCCNC(=O)c1ccc(C2=NC(=O)c3c(-c4ccc(C(=O)NCCCNC)cc4)[nH]c(O)c32)cc1. The molecule has 0 unspecified atom stereocenters. The summed E-state index contributed by atoms with van der Waals surface area (Å²) in [4.78, 5) is 44.7. The number of fused-ring (bicyclic) bond motifs is 1. The number of aromatic amines is 1. The molecule has 6 N–H and O–H groups in total. The zero-order valence-electron chi connectivity index (χ0n) is 21.5. The molecule has 10 heteroatoms. The summed E-state index contributed by atoms with van der Waals surface area (Å²) < 4.78 is 0. The van der Waals surface area contributed by atoms with Gasteiger partial charge in [-0.2, -0.15) is 0 Å². The highest BCUT2D eigenvalue weighted by atomic mass is 16.3. The molecule has 0 aliphatic carbocycles. The fraction of sp³-hybridized carbons (Fsp3) is 0.286. The summed E-state index contributed by atoms with van der Waals surface area (Å²) in [6, 6.07) is 13.6. The van der Waals surface area contributed by atoms with Gasteiger partial charge in [-0.15, -0.1) is 0 Å². The van der Waals surface area contributed by atoms with Crippen molar-refractivity contribution in [3.05, 3.63) is 76.3 Å². The summed E-state index contributed by atoms with van der Waals surface area (Å²) >= 11 is 0. The number of H-pyrrole nitrogens is 1. The van der Waals surface area contributed by atoms with Crippen LogP contribution in [0.5, 0.6) is 5.88 Å². The van der Waals surface area contributed by atoms with E-state index < -0.39 is 5.91 Å². The Labute approximate surface area is 221 Å². The van der Waals surface area contributed by atoms with E-state index in [1.165, 1.54) is 0 Å². The molecule has 0 saturated carbocycles. The van der Waals surface area contributed by atoms with E-state index in [9.17, 15) is 19.5 Å². The fourth-order valence-corrected chi connectivity index (χ4v) is 4.28. The molecule has 38 heavy (non-hydrogen) atoms. The van der Waals surface area contributed by atoms with E-state index in [-0.39, 0.29) is 23.3 Å². The van der Waals surface area contributed by atoms with Gasteiger partial charge < -0.3 is 31.4 Å². The Balaban J connectivity index is 1.50. The number of nitrogens with one attached hydrogen (secondary N) is 5. The lowest BCUT2D eigenvalue weighted by atomic mass is 9.99. The topological polar surface area (TPSA) is 148 Å². The van der Waals surface area contributed by atoms with Crippen LogP contribution in [0.25, 0.3) is 11.3 Å². The van der Waals surface area contributed by atoms with Crippen molar-refractivity contribution < 1.29 is 19.5 Å². The van der Waals surface area contributed by atoms with Crippen LogP contribution in [-0.4, -0.2) is 73.8 Å². The van der Waals surface area contributed by atoms with E-state index in [0.29, 0.717) is 52.3 Å². The summed E-state index contributed by atoms with van der Waals surface area (Å²) in [6.45, 7) is 2.76. The molecule has 0 radical (unpaired) electrons. The van der Waals surface area contributed by atoms with Crippen LogP contribution in [0.1, 0.15) is 55.0 Å². The Morgan fingerprint density at radius 2 is 1.26 bits per heavy atom.